The summed E-state index contributed by atoms with van der Waals surface area (Å²) in [4.78, 5) is 0. The van der Waals surface area contributed by atoms with Gasteiger partial charge in [0.15, 0.2) is 0 Å². The Hall–Kier alpha value is -2.77. The summed E-state index contributed by atoms with van der Waals surface area (Å²) in [5, 5.41) is 11.9. The van der Waals surface area contributed by atoms with Gasteiger partial charge in [0.05, 0.1) is 5.92 Å². The van der Waals surface area contributed by atoms with Gasteiger partial charge in [-0.3, -0.25) is 0 Å². The average molecular weight is 377 g/mol. The molecule has 0 fully saturated rings. The largest absolute Gasteiger partial charge is 0.440 e. The second kappa shape index (κ2) is 5.70. The van der Waals surface area contributed by atoms with Crippen LogP contribution in [0.3, 0.4) is 0 Å². The summed E-state index contributed by atoms with van der Waals surface area (Å²) in [7, 11) is 0. The van der Waals surface area contributed by atoms with Crippen LogP contribution in [-0.4, -0.2) is 0 Å². The number of rotatable bonds is 1. The maximum Gasteiger partial charge on any atom is 0.205 e. The van der Waals surface area contributed by atoms with Crippen LogP contribution in [-0.2, 0) is 0 Å². The predicted octanol–water partition coefficient (Wildman–Crippen LogP) is 4.82. The van der Waals surface area contributed by atoms with Crippen molar-refractivity contribution in [3.05, 3.63) is 87.7 Å². The Labute approximate surface area is 148 Å². The Morgan fingerprint density at radius 3 is 2.54 bits per heavy atom. The van der Waals surface area contributed by atoms with E-state index in [0.717, 1.165) is 26.4 Å². The summed E-state index contributed by atoms with van der Waals surface area (Å²) >= 11 is 3.61. The van der Waals surface area contributed by atoms with E-state index in [1.165, 1.54) is 0 Å². The van der Waals surface area contributed by atoms with Crippen molar-refractivity contribution in [2.24, 2.45) is 5.73 Å². The quantitative estimate of drug-likeness (QED) is 0.662. The zero-order valence-corrected chi connectivity index (χ0v) is 14.2. The van der Waals surface area contributed by atoms with Crippen LogP contribution in [0.1, 0.15) is 17.0 Å². The molecule has 2 N–H and O–H groups in total. The van der Waals surface area contributed by atoms with Gasteiger partial charge in [-0.2, -0.15) is 5.26 Å². The number of hydrogen-bond donors (Lipinski definition) is 1. The van der Waals surface area contributed by atoms with Gasteiger partial charge >= 0.3 is 0 Å². The first kappa shape index (κ1) is 14.8. The van der Waals surface area contributed by atoms with Gasteiger partial charge in [0, 0.05) is 10.0 Å². The Morgan fingerprint density at radius 2 is 1.75 bits per heavy atom. The molecule has 3 aromatic rings. The number of nitriles is 1. The normalized spacial score (nSPS) is 16.4. The zero-order chi connectivity index (χ0) is 16.7. The molecule has 4 rings (SSSR count). The summed E-state index contributed by atoms with van der Waals surface area (Å²) < 4.78 is 6.70. The van der Waals surface area contributed by atoms with Crippen molar-refractivity contribution in [1.29, 1.82) is 5.26 Å². The molecule has 0 saturated carbocycles. The fourth-order valence-corrected chi connectivity index (χ4v) is 3.78. The van der Waals surface area contributed by atoms with Crippen molar-refractivity contribution in [3.63, 3.8) is 0 Å². The van der Waals surface area contributed by atoms with E-state index < -0.39 is 0 Å². The van der Waals surface area contributed by atoms with Crippen LogP contribution in [0.15, 0.2) is 76.6 Å². The smallest absolute Gasteiger partial charge is 0.205 e. The minimum Gasteiger partial charge on any atom is -0.440 e. The minimum atomic E-state index is -0.263. The highest BCUT2D eigenvalue weighted by molar-refractivity contribution is 9.10. The van der Waals surface area contributed by atoms with Gasteiger partial charge in [-0.15, -0.1) is 0 Å². The van der Waals surface area contributed by atoms with Crippen molar-refractivity contribution in [3.8, 4) is 11.8 Å². The van der Waals surface area contributed by atoms with Crippen molar-refractivity contribution >= 4 is 26.7 Å². The van der Waals surface area contributed by atoms with E-state index in [0.29, 0.717) is 11.3 Å². The maximum absolute atomic E-state index is 9.70. The maximum atomic E-state index is 9.70. The fourth-order valence-electron chi connectivity index (χ4n) is 3.26. The first-order valence-corrected chi connectivity index (χ1v) is 8.33. The van der Waals surface area contributed by atoms with Crippen LogP contribution in [0, 0.1) is 11.3 Å². The van der Waals surface area contributed by atoms with Crippen LogP contribution in [0.25, 0.3) is 10.8 Å². The molecular weight excluding hydrogens is 364 g/mol. The molecule has 3 nitrogen and oxygen atoms in total. The van der Waals surface area contributed by atoms with Gasteiger partial charge in [0.25, 0.3) is 0 Å². The van der Waals surface area contributed by atoms with E-state index >= 15 is 0 Å². The number of nitrogens with two attached hydrogens (primary N) is 1. The standard InChI is InChI=1S/C20H13BrN2O/c21-16-8-4-3-7-14(16)18-15(11-22)20(23)24-17-10-9-12-5-1-2-6-13(12)19(17)18/h1-10,18H,23H2/t18-/m1/s1. The molecule has 116 valence electrons. The summed E-state index contributed by atoms with van der Waals surface area (Å²) in [5.41, 5.74) is 8.46. The van der Waals surface area contributed by atoms with Gasteiger partial charge in [0.1, 0.15) is 17.4 Å². The van der Waals surface area contributed by atoms with E-state index in [2.05, 4.69) is 34.1 Å². The van der Waals surface area contributed by atoms with E-state index in [9.17, 15) is 5.26 Å². The Balaban J connectivity index is 2.10. The highest BCUT2D eigenvalue weighted by Gasteiger charge is 2.33. The highest BCUT2D eigenvalue weighted by atomic mass is 79.9. The van der Waals surface area contributed by atoms with Gasteiger partial charge in [-0.25, -0.2) is 0 Å². The topological polar surface area (TPSA) is 59.0 Å². The number of halogens is 1. The van der Waals surface area contributed by atoms with Crippen molar-refractivity contribution in [2.45, 2.75) is 5.92 Å². The SMILES string of the molecule is N#CC1=C(N)Oc2ccc3ccccc3c2[C@@H]1c1ccccc1Br. The Kier molecular flexibility index (Phi) is 3.51. The second-order valence-electron chi connectivity index (χ2n) is 5.64. The van der Waals surface area contributed by atoms with E-state index in [1.807, 2.05) is 48.5 Å². The number of fused-ring (bicyclic) bond motifs is 3. The lowest BCUT2D eigenvalue weighted by Crippen LogP contribution is -2.21. The van der Waals surface area contributed by atoms with E-state index in [-0.39, 0.29) is 11.8 Å². The molecule has 0 unspecified atom stereocenters. The molecule has 0 radical (unpaired) electrons. The third-order valence-corrected chi connectivity index (χ3v) is 5.05. The molecule has 4 heteroatoms. The minimum absolute atomic E-state index is 0.168. The van der Waals surface area contributed by atoms with Crippen molar-refractivity contribution in [2.75, 3.05) is 0 Å². The number of allylic oxidation sites excluding steroid dienone is 1. The van der Waals surface area contributed by atoms with Crippen molar-refractivity contribution in [1.82, 2.24) is 0 Å². The first-order chi connectivity index (χ1) is 11.7. The lowest BCUT2D eigenvalue weighted by Gasteiger charge is -2.28. The molecule has 0 aromatic heterocycles. The molecule has 24 heavy (non-hydrogen) atoms. The fraction of sp³-hybridized carbons (Fsp3) is 0.0500. The highest BCUT2D eigenvalue weighted by Crippen LogP contribution is 2.46. The van der Waals surface area contributed by atoms with Crippen LogP contribution in [0.5, 0.6) is 5.75 Å². The predicted molar refractivity (Wildman–Crippen MR) is 97.4 cm³/mol. The molecule has 1 atom stereocenters. The first-order valence-electron chi connectivity index (χ1n) is 7.54. The van der Waals surface area contributed by atoms with Crippen LogP contribution >= 0.6 is 15.9 Å². The van der Waals surface area contributed by atoms with E-state index in [4.69, 9.17) is 10.5 Å². The number of ether oxygens (including phenoxy) is 1. The molecule has 0 aliphatic carbocycles. The van der Waals surface area contributed by atoms with Crippen LogP contribution in [0.4, 0.5) is 0 Å². The molecule has 0 amide bonds. The van der Waals surface area contributed by atoms with Gasteiger partial charge in [0.2, 0.25) is 5.88 Å². The molecule has 0 saturated heterocycles. The molecular formula is C20H13BrN2O. The Morgan fingerprint density at radius 1 is 1.00 bits per heavy atom. The summed E-state index contributed by atoms with van der Waals surface area (Å²) in [6.07, 6.45) is 0. The molecule has 3 aromatic carbocycles. The average Bonchev–Trinajstić information content (AvgIpc) is 2.61. The van der Waals surface area contributed by atoms with E-state index in [1.54, 1.807) is 0 Å². The number of hydrogen-bond acceptors (Lipinski definition) is 3. The molecule has 0 bridgehead atoms. The van der Waals surface area contributed by atoms with Gasteiger partial charge in [-0.1, -0.05) is 64.5 Å². The molecule has 1 aliphatic rings. The lowest BCUT2D eigenvalue weighted by atomic mass is 9.81. The van der Waals surface area contributed by atoms with Crippen LogP contribution < -0.4 is 10.5 Å². The number of nitrogens with zero attached hydrogens (tertiary/aromatic N) is 1. The number of benzene rings is 3. The molecule has 1 heterocycles. The second-order valence-corrected chi connectivity index (χ2v) is 6.50. The summed E-state index contributed by atoms with van der Waals surface area (Å²) in [5.74, 6) is 0.604. The lowest BCUT2D eigenvalue weighted by molar-refractivity contribution is 0.395. The zero-order valence-electron chi connectivity index (χ0n) is 12.7. The van der Waals surface area contributed by atoms with Crippen molar-refractivity contribution < 1.29 is 4.74 Å². The third kappa shape index (κ3) is 2.17. The van der Waals surface area contributed by atoms with Gasteiger partial charge < -0.3 is 10.5 Å². The molecule has 0 spiro atoms. The molecule has 1 aliphatic heterocycles. The van der Waals surface area contributed by atoms with Gasteiger partial charge in [-0.05, 0) is 28.5 Å². The Bertz CT molecular complexity index is 1030. The van der Waals surface area contributed by atoms with Crippen LogP contribution in [0.2, 0.25) is 0 Å². The summed E-state index contributed by atoms with van der Waals surface area (Å²) in [6, 6.07) is 22.2. The third-order valence-electron chi connectivity index (χ3n) is 4.33. The monoisotopic (exact) mass is 376 g/mol. The summed E-state index contributed by atoms with van der Waals surface area (Å²) in [6.45, 7) is 0.